The number of halogens is 4. The molecule has 0 spiro atoms. The van der Waals surface area contributed by atoms with E-state index in [0.29, 0.717) is 5.16 Å². The van der Waals surface area contributed by atoms with E-state index >= 15 is 0 Å². The largest absolute Gasteiger partial charge is 0.210 e. The molecule has 18 heavy (non-hydrogen) atoms. The molecule has 2 nitrogen and oxygen atoms in total. The van der Waals surface area contributed by atoms with Crippen molar-refractivity contribution in [3.63, 3.8) is 0 Å². The topological polar surface area (TPSA) is 25.8 Å². The van der Waals surface area contributed by atoms with Crippen LogP contribution in [0, 0.1) is 5.82 Å². The van der Waals surface area contributed by atoms with Crippen LogP contribution in [0.5, 0.6) is 0 Å². The normalized spacial score (nSPS) is 10.7. The van der Waals surface area contributed by atoms with Crippen LogP contribution in [0.3, 0.4) is 0 Å². The van der Waals surface area contributed by atoms with Gasteiger partial charge in [-0.2, -0.15) is 0 Å². The second-order valence-electron chi connectivity index (χ2n) is 3.26. The van der Waals surface area contributed by atoms with E-state index in [4.69, 9.17) is 34.8 Å². The number of nitrogens with zero attached hydrogens (tertiary/aromatic N) is 2. The third-order valence-electron chi connectivity index (χ3n) is 2.20. The van der Waals surface area contributed by atoms with E-state index in [1.807, 2.05) is 0 Å². The van der Waals surface area contributed by atoms with Crippen molar-refractivity contribution < 1.29 is 4.39 Å². The Bertz CT molecular complexity index is 564. The predicted molar refractivity (Wildman–Crippen MR) is 74.2 cm³/mol. The Kier molecular flexibility index (Phi) is 4.33. The first-order valence-corrected chi connectivity index (χ1v) is 7.12. The molecule has 0 aliphatic carbocycles. The first kappa shape index (κ1) is 13.9. The molecule has 0 aliphatic heterocycles. The molecule has 0 saturated carbocycles. The summed E-state index contributed by atoms with van der Waals surface area (Å²) in [5, 5.41) is 0.776. The van der Waals surface area contributed by atoms with Crippen molar-refractivity contribution in [2.45, 2.75) is 5.16 Å². The first-order chi connectivity index (χ1) is 8.54. The van der Waals surface area contributed by atoms with E-state index in [-0.39, 0.29) is 26.5 Å². The molecule has 94 valence electrons. The molecular formula is C11H6Cl3FN2S. The molecule has 0 N–H and O–H groups in total. The number of hydrogen-bond acceptors (Lipinski definition) is 3. The lowest BCUT2D eigenvalue weighted by Crippen LogP contribution is -1.95. The summed E-state index contributed by atoms with van der Waals surface area (Å²) in [5.74, 6) is -0.521. The van der Waals surface area contributed by atoms with Gasteiger partial charge in [0.1, 0.15) is 16.1 Å². The lowest BCUT2D eigenvalue weighted by molar-refractivity contribution is 0.631. The highest BCUT2D eigenvalue weighted by atomic mass is 35.5. The summed E-state index contributed by atoms with van der Waals surface area (Å²) in [6.45, 7) is 0. The van der Waals surface area contributed by atoms with Gasteiger partial charge < -0.3 is 0 Å². The molecule has 2 aromatic rings. The van der Waals surface area contributed by atoms with Crippen LogP contribution >= 0.6 is 46.6 Å². The van der Waals surface area contributed by atoms with E-state index in [1.54, 1.807) is 12.3 Å². The second-order valence-corrected chi connectivity index (χ2v) is 5.16. The maximum atomic E-state index is 13.8. The van der Waals surface area contributed by atoms with Crippen LogP contribution in [0.1, 0.15) is 0 Å². The predicted octanol–water partition coefficient (Wildman–Crippen LogP) is 4.96. The van der Waals surface area contributed by atoms with Gasteiger partial charge in [-0.15, -0.1) is 0 Å². The van der Waals surface area contributed by atoms with Crippen molar-refractivity contribution in [1.82, 2.24) is 9.97 Å². The highest BCUT2D eigenvalue weighted by molar-refractivity contribution is 7.98. The van der Waals surface area contributed by atoms with Gasteiger partial charge in [-0.25, -0.2) is 14.4 Å². The Balaban J connectivity index is 2.72. The molecule has 1 heterocycles. The Labute approximate surface area is 122 Å². The summed E-state index contributed by atoms with van der Waals surface area (Å²) in [7, 11) is 0. The van der Waals surface area contributed by atoms with Crippen molar-refractivity contribution in [2.75, 3.05) is 6.26 Å². The quantitative estimate of drug-likeness (QED) is 0.443. The van der Waals surface area contributed by atoms with Crippen LogP contribution < -0.4 is 0 Å². The smallest absolute Gasteiger partial charge is 0.190 e. The second kappa shape index (κ2) is 5.61. The average Bonchev–Trinajstić information content (AvgIpc) is 2.31. The minimum absolute atomic E-state index is 0.0753. The van der Waals surface area contributed by atoms with Gasteiger partial charge in [-0.05, 0) is 18.4 Å². The Morgan fingerprint density at radius 1 is 1.06 bits per heavy atom. The Morgan fingerprint density at radius 2 is 1.67 bits per heavy atom. The van der Waals surface area contributed by atoms with Crippen LogP contribution in [-0.4, -0.2) is 16.2 Å². The molecule has 0 atom stereocenters. The highest BCUT2D eigenvalue weighted by Crippen LogP contribution is 2.38. The molecule has 1 aromatic carbocycles. The third-order valence-corrected chi connectivity index (χ3v) is 3.61. The van der Waals surface area contributed by atoms with E-state index in [2.05, 4.69) is 9.97 Å². The number of benzene rings is 1. The Morgan fingerprint density at radius 3 is 2.17 bits per heavy atom. The van der Waals surface area contributed by atoms with E-state index in [0.717, 1.165) is 0 Å². The SMILES string of the molecule is CSc1nc(Cl)c(-c2c(F)cccc2Cl)c(Cl)n1. The first-order valence-electron chi connectivity index (χ1n) is 4.76. The number of thioether (sulfide) groups is 1. The van der Waals surface area contributed by atoms with E-state index in [1.165, 1.54) is 23.9 Å². The van der Waals surface area contributed by atoms with E-state index < -0.39 is 5.82 Å². The molecule has 0 fully saturated rings. The fourth-order valence-electron chi connectivity index (χ4n) is 1.42. The van der Waals surface area contributed by atoms with Crippen LogP contribution in [0.2, 0.25) is 15.3 Å². The van der Waals surface area contributed by atoms with Gasteiger partial charge in [0.25, 0.3) is 0 Å². The third kappa shape index (κ3) is 2.57. The zero-order chi connectivity index (χ0) is 13.3. The summed E-state index contributed by atoms with van der Waals surface area (Å²) in [4.78, 5) is 8.04. The zero-order valence-corrected chi connectivity index (χ0v) is 12.1. The molecule has 0 unspecified atom stereocenters. The maximum absolute atomic E-state index is 13.8. The highest BCUT2D eigenvalue weighted by Gasteiger charge is 2.19. The van der Waals surface area contributed by atoms with Crippen molar-refractivity contribution in [1.29, 1.82) is 0 Å². The minimum Gasteiger partial charge on any atom is -0.210 e. The van der Waals surface area contributed by atoms with Crippen molar-refractivity contribution in [3.8, 4) is 11.1 Å². The van der Waals surface area contributed by atoms with Gasteiger partial charge in [0.15, 0.2) is 5.16 Å². The molecule has 0 bridgehead atoms. The van der Waals surface area contributed by atoms with Crippen molar-refractivity contribution in [3.05, 3.63) is 39.3 Å². The van der Waals surface area contributed by atoms with Gasteiger partial charge in [-0.3, -0.25) is 0 Å². The fourth-order valence-corrected chi connectivity index (χ4v) is 2.72. The van der Waals surface area contributed by atoms with Crippen LogP contribution in [0.25, 0.3) is 11.1 Å². The summed E-state index contributed by atoms with van der Waals surface area (Å²) < 4.78 is 13.8. The van der Waals surface area contributed by atoms with Crippen molar-refractivity contribution >= 4 is 46.6 Å². The number of aromatic nitrogens is 2. The monoisotopic (exact) mass is 322 g/mol. The van der Waals surface area contributed by atoms with Crippen LogP contribution in [0.15, 0.2) is 23.4 Å². The van der Waals surface area contributed by atoms with E-state index in [9.17, 15) is 4.39 Å². The summed E-state index contributed by atoms with van der Waals surface area (Å²) >= 11 is 19.3. The van der Waals surface area contributed by atoms with Gasteiger partial charge in [0, 0.05) is 5.56 Å². The molecule has 7 heteroatoms. The molecule has 2 rings (SSSR count). The van der Waals surface area contributed by atoms with Crippen molar-refractivity contribution in [2.24, 2.45) is 0 Å². The van der Waals surface area contributed by atoms with Gasteiger partial charge in [0.05, 0.1) is 10.6 Å². The lowest BCUT2D eigenvalue weighted by atomic mass is 10.1. The standard InChI is InChI=1S/C11H6Cl3FN2S/c1-18-11-16-9(13)8(10(14)17-11)7-5(12)3-2-4-6(7)15/h2-4H,1H3. The molecule has 1 aromatic heterocycles. The maximum Gasteiger partial charge on any atom is 0.190 e. The number of hydrogen-bond donors (Lipinski definition) is 0. The molecular weight excluding hydrogens is 318 g/mol. The average molecular weight is 324 g/mol. The lowest BCUT2D eigenvalue weighted by Gasteiger charge is -2.10. The summed E-state index contributed by atoms with van der Waals surface area (Å²) in [6, 6.07) is 4.32. The van der Waals surface area contributed by atoms with Gasteiger partial charge in [0.2, 0.25) is 0 Å². The summed E-state index contributed by atoms with van der Waals surface area (Å²) in [5.41, 5.74) is 0.320. The van der Waals surface area contributed by atoms with Gasteiger partial charge >= 0.3 is 0 Å². The van der Waals surface area contributed by atoms with Gasteiger partial charge in [-0.1, -0.05) is 52.6 Å². The number of rotatable bonds is 2. The molecule has 0 amide bonds. The minimum atomic E-state index is -0.521. The van der Waals surface area contributed by atoms with Crippen LogP contribution in [0.4, 0.5) is 4.39 Å². The zero-order valence-electron chi connectivity index (χ0n) is 9.05. The molecule has 0 saturated heterocycles. The Hall–Kier alpha value is -0.550. The van der Waals surface area contributed by atoms with Crippen LogP contribution in [-0.2, 0) is 0 Å². The fraction of sp³-hybridized carbons (Fsp3) is 0.0909. The summed E-state index contributed by atoms with van der Waals surface area (Å²) in [6.07, 6.45) is 1.79. The molecule has 0 aliphatic rings. The molecule has 0 radical (unpaired) electrons.